The van der Waals surface area contributed by atoms with E-state index in [-0.39, 0.29) is 0 Å². The Labute approximate surface area is 80.1 Å². The van der Waals surface area contributed by atoms with Gasteiger partial charge in [-0.3, -0.25) is 4.79 Å². The lowest BCUT2D eigenvalue weighted by Crippen LogP contribution is -1.92. The van der Waals surface area contributed by atoms with Crippen molar-refractivity contribution in [3.8, 4) is 0 Å². The molecule has 1 aromatic carbocycles. The van der Waals surface area contributed by atoms with E-state index in [4.69, 9.17) is 16.0 Å². The summed E-state index contributed by atoms with van der Waals surface area (Å²) in [6.45, 7) is 1.82. The molecule has 0 radical (unpaired) electrons. The monoisotopic (exact) mass is 194 g/mol. The van der Waals surface area contributed by atoms with Crippen LogP contribution >= 0.6 is 11.6 Å². The van der Waals surface area contributed by atoms with Gasteiger partial charge >= 0.3 is 0 Å². The van der Waals surface area contributed by atoms with Crippen LogP contribution in [0.2, 0.25) is 0 Å². The molecule has 0 spiro atoms. The molecule has 1 heterocycles. The first-order chi connectivity index (χ1) is 6.20. The fraction of sp³-hybridized carbons (Fsp3) is 0.100. The van der Waals surface area contributed by atoms with Gasteiger partial charge < -0.3 is 4.42 Å². The highest BCUT2D eigenvalue weighted by atomic mass is 35.5. The molecule has 2 nitrogen and oxygen atoms in total. The van der Waals surface area contributed by atoms with Gasteiger partial charge in [-0.15, -0.1) is 0 Å². The Hall–Kier alpha value is -1.28. The molecule has 0 saturated heterocycles. The van der Waals surface area contributed by atoms with Gasteiger partial charge in [-0.2, -0.15) is 0 Å². The van der Waals surface area contributed by atoms with E-state index in [0.29, 0.717) is 5.56 Å². The summed E-state index contributed by atoms with van der Waals surface area (Å²) in [5.41, 5.74) is 2.03. The van der Waals surface area contributed by atoms with E-state index in [1.807, 2.05) is 19.1 Å². The van der Waals surface area contributed by atoms with Crippen molar-refractivity contribution in [2.24, 2.45) is 0 Å². The number of carbonyl (C=O) groups excluding carboxylic acids is 1. The summed E-state index contributed by atoms with van der Waals surface area (Å²) in [6.07, 6.45) is 1.60. The number of fused-ring (bicyclic) bond motifs is 1. The van der Waals surface area contributed by atoms with Gasteiger partial charge in [-0.1, -0.05) is 6.07 Å². The lowest BCUT2D eigenvalue weighted by molar-refractivity contribution is 0.108. The fourth-order valence-corrected chi connectivity index (χ4v) is 1.59. The second-order valence-electron chi connectivity index (χ2n) is 2.85. The third-order valence-electron chi connectivity index (χ3n) is 2.08. The normalized spacial score (nSPS) is 10.6. The smallest absolute Gasteiger partial charge is 0.252 e. The maximum absolute atomic E-state index is 11.0. The Morgan fingerprint density at radius 2 is 2.15 bits per heavy atom. The molecule has 0 aliphatic heterocycles. The van der Waals surface area contributed by atoms with E-state index in [1.54, 1.807) is 12.3 Å². The van der Waals surface area contributed by atoms with Crippen LogP contribution in [-0.2, 0) is 0 Å². The molecular weight excluding hydrogens is 188 g/mol. The summed E-state index contributed by atoms with van der Waals surface area (Å²) in [4.78, 5) is 11.0. The maximum Gasteiger partial charge on any atom is 0.252 e. The lowest BCUT2D eigenvalue weighted by Gasteiger charge is -1.99. The van der Waals surface area contributed by atoms with Crippen molar-refractivity contribution in [3.05, 3.63) is 35.6 Å². The zero-order valence-corrected chi connectivity index (χ0v) is 7.76. The molecule has 0 aliphatic carbocycles. The van der Waals surface area contributed by atoms with Crippen LogP contribution in [0.15, 0.2) is 28.9 Å². The summed E-state index contributed by atoms with van der Waals surface area (Å²) >= 11 is 5.40. The van der Waals surface area contributed by atoms with Gasteiger partial charge in [-0.25, -0.2) is 0 Å². The van der Waals surface area contributed by atoms with E-state index >= 15 is 0 Å². The van der Waals surface area contributed by atoms with Crippen molar-refractivity contribution in [1.29, 1.82) is 0 Å². The third-order valence-corrected chi connectivity index (χ3v) is 2.29. The van der Waals surface area contributed by atoms with E-state index in [9.17, 15) is 4.79 Å². The minimum absolute atomic E-state index is 0.448. The SMILES string of the molecule is Cc1c(C(=O)Cl)ccc2ccoc12. The van der Waals surface area contributed by atoms with E-state index in [1.165, 1.54) is 0 Å². The summed E-state index contributed by atoms with van der Waals surface area (Å²) in [5, 5.41) is 0.537. The molecule has 0 unspecified atom stereocenters. The van der Waals surface area contributed by atoms with Crippen LogP contribution in [0, 0.1) is 6.92 Å². The number of benzene rings is 1. The molecule has 66 valence electrons. The van der Waals surface area contributed by atoms with E-state index in [2.05, 4.69) is 0 Å². The summed E-state index contributed by atoms with van der Waals surface area (Å²) in [5.74, 6) is 0. The quantitative estimate of drug-likeness (QED) is 0.653. The molecule has 0 fully saturated rings. The topological polar surface area (TPSA) is 30.2 Å². The largest absolute Gasteiger partial charge is 0.464 e. The van der Waals surface area contributed by atoms with Crippen molar-refractivity contribution in [1.82, 2.24) is 0 Å². The van der Waals surface area contributed by atoms with Gasteiger partial charge in [0.1, 0.15) is 5.58 Å². The fourth-order valence-electron chi connectivity index (χ4n) is 1.39. The Morgan fingerprint density at radius 1 is 1.38 bits per heavy atom. The second-order valence-corrected chi connectivity index (χ2v) is 3.19. The zero-order valence-electron chi connectivity index (χ0n) is 7.00. The standard InChI is InChI=1S/C10H7ClO2/c1-6-8(10(11)12)3-2-7-4-5-13-9(6)7/h2-5H,1H3. The van der Waals surface area contributed by atoms with Crippen LogP contribution in [0.3, 0.4) is 0 Å². The first-order valence-corrected chi connectivity index (χ1v) is 4.24. The molecule has 0 atom stereocenters. The average Bonchev–Trinajstić information content (AvgIpc) is 2.52. The van der Waals surface area contributed by atoms with Gasteiger partial charge in [0, 0.05) is 16.5 Å². The molecule has 13 heavy (non-hydrogen) atoms. The molecule has 0 saturated carbocycles. The minimum Gasteiger partial charge on any atom is -0.464 e. The molecule has 3 heteroatoms. The minimum atomic E-state index is -0.448. The molecule has 1 aromatic heterocycles. The number of aryl methyl sites for hydroxylation is 1. The lowest BCUT2D eigenvalue weighted by atomic mass is 10.1. The van der Waals surface area contributed by atoms with Gasteiger partial charge in [0.2, 0.25) is 0 Å². The van der Waals surface area contributed by atoms with Crippen LogP contribution in [0.1, 0.15) is 15.9 Å². The predicted octanol–water partition coefficient (Wildman–Crippen LogP) is 3.12. The van der Waals surface area contributed by atoms with Crippen molar-refractivity contribution >= 4 is 27.8 Å². The number of furan rings is 1. The van der Waals surface area contributed by atoms with Crippen molar-refractivity contribution < 1.29 is 9.21 Å². The van der Waals surface area contributed by atoms with Crippen molar-refractivity contribution in [2.75, 3.05) is 0 Å². The Balaban J connectivity index is 2.80. The number of halogens is 1. The summed E-state index contributed by atoms with van der Waals surface area (Å²) in [6, 6.07) is 5.38. The van der Waals surface area contributed by atoms with E-state index < -0.39 is 5.24 Å². The van der Waals surface area contributed by atoms with Gasteiger partial charge in [0.25, 0.3) is 5.24 Å². The number of carbonyl (C=O) groups is 1. The van der Waals surface area contributed by atoms with Crippen LogP contribution < -0.4 is 0 Å². The molecule has 0 bridgehead atoms. The van der Waals surface area contributed by atoms with Gasteiger partial charge in [0.15, 0.2) is 0 Å². The highest BCUT2D eigenvalue weighted by Gasteiger charge is 2.10. The summed E-state index contributed by atoms with van der Waals surface area (Å²) < 4.78 is 5.23. The van der Waals surface area contributed by atoms with Crippen LogP contribution in [-0.4, -0.2) is 5.24 Å². The maximum atomic E-state index is 11.0. The molecular formula is C10H7ClO2. The Bertz CT molecular complexity index is 471. The highest BCUT2D eigenvalue weighted by molar-refractivity contribution is 6.68. The summed E-state index contributed by atoms with van der Waals surface area (Å²) in [7, 11) is 0. The second kappa shape index (κ2) is 2.89. The molecule has 0 aliphatic rings. The van der Waals surface area contributed by atoms with Crippen LogP contribution in [0.25, 0.3) is 11.0 Å². The average molecular weight is 195 g/mol. The van der Waals surface area contributed by atoms with Gasteiger partial charge in [0.05, 0.1) is 6.26 Å². The van der Waals surface area contributed by atoms with E-state index in [0.717, 1.165) is 16.5 Å². The van der Waals surface area contributed by atoms with Crippen LogP contribution in [0.5, 0.6) is 0 Å². The zero-order chi connectivity index (χ0) is 9.42. The molecule has 0 N–H and O–H groups in total. The van der Waals surface area contributed by atoms with Crippen molar-refractivity contribution in [2.45, 2.75) is 6.92 Å². The highest BCUT2D eigenvalue weighted by Crippen LogP contribution is 2.23. The number of hydrogen-bond acceptors (Lipinski definition) is 2. The first-order valence-electron chi connectivity index (χ1n) is 3.87. The Kier molecular flexibility index (Phi) is 1.85. The number of rotatable bonds is 1. The molecule has 0 amide bonds. The first kappa shape index (κ1) is 8.32. The van der Waals surface area contributed by atoms with Crippen LogP contribution in [0.4, 0.5) is 0 Å². The predicted molar refractivity (Wildman–Crippen MR) is 51.1 cm³/mol. The van der Waals surface area contributed by atoms with Gasteiger partial charge in [-0.05, 0) is 30.7 Å². The molecule has 2 aromatic rings. The number of hydrogen-bond donors (Lipinski definition) is 0. The molecule has 2 rings (SSSR count). The Morgan fingerprint density at radius 3 is 2.85 bits per heavy atom. The van der Waals surface area contributed by atoms with Crippen molar-refractivity contribution in [3.63, 3.8) is 0 Å². The third kappa shape index (κ3) is 1.23.